The minimum Gasteiger partial charge on any atom is -0.462 e. The number of benzene rings is 4. The summed E-state index contributed by atoms with van der Waals surface area (Å²) in [4.78, 5) is 39.3. The van der Waals surface area contributed by atoms with Crippen molar-refractivity contribution in [3.05, 3.63) is 119 Å². The molecule has 0 aliphatic heterocycles. The lowest BCUT2D eigenvalue weighted by Crippen LogP contribution is -2.52. The van der Waals surface area contributed by atoms with E-state index in [0.717, 1.165) is 33.7 Å². The molecule has 6 heteroatoms. The van der Waals surface area contributed by atoms with Crippen LogP contribution in [0.3, 0.4) is 0 Å². The van der Waals surface area contributed by atoms with Crippen LogP contribution >= 0.6 is 0 Å². The maximum absolute atomic E-state index is 13.4. The second kappa shape index (κ2) is 12.1. The number of ether oxygens (including phenoxy) is 1. The van der Waals surface area contributed by atoms with E-state index in [2.05, 4.69) is 5.32 Å². The molecule has 0 atom stereocenters. The molecule has 1 N–H and O–H groups in total. The monoisotopic (exact) mass is 611 g/mol. The first-order valence-electron chi connectivity index (χ1n) is 16.1. The van der Waals surface area contributed by atoms with E-state index in [-0.39, 0.29) is 29.7 Å². The van der Waals surface area contributed by atoms with Gasteiger partial charge in [-0.25, -0.2) is 4.79 Å². The third-order valence-corrected chi connectivity index (χ3v) is 9.71. The van der Waals surface area contributed by atoms with Crippen molar-refractivity contribution in [2.24, 2.45) is 11.3 Å². The summed E-state index contributed by atoms with van der Waals surface area (Å²) in [5.41, 5.74) is 7.28. The molecule has 232 valence electrons. The van der Waals surface area contributed by atoms with E-state index < -0.39 is 0 Å². The molecule has 3 aliphatic rings. The second-order valence-electron chi connectivity index (χ2n) is 13.0. The summed E-state index contributed by atoms with van der Waals surface area (Å²) in [7, 11) is 1.62. The van der Waals surface area contributed by atoms with E-state index >= 15 is 0 Å². The van der Waals surface area contributed by atoms with Gasteiger partial charge in [0.15, 0.2) is 5.78 Å². The second-order valence-corrected chi connectivity index (χ2v) is 13.0. The van der Waals surface area contributed by atoms with Crippen LogP contribution in [-0.2, 0) is 11.2 Å². The first-order chi connectivity index (χ1) is 22.3. The average Bonchev–Trinajstić information content (AvgIpc) is 3.42. The molecular formula is C40H37NO5. The Morgan fingerprint density at radius 3 is 2.30 bits per heavy atom. The molecular weight excluding hydrogens is 574 g/mol. The standard InChI is InChI=1S/C40H37NO5/c1-25-13-15-27(16-14-25)37-36(38(43)41-2)33-20-32(29-10-6-11-31(18-29)34(42)24-40-21-26(22-40)23-40)30(19-35(33)46-37)12-7-17-45-39(44)28-8-4-3-5-9-28/h3-6,8-11,13-16,18-20,26H,7,12,17,21-24H2,1-2H3,(H,41,43). The van der Waals surface area contributed by atoms with Gasteiger partial charge in [-0.15, -0.1) is 0 Å². The van der Waals surface area contributed by atoms with Gasteiger partial charge in [0.25, 0.3) is 5.91 Å². The number of hydrogen-bond donors (Lipinski definition) is 1. The highest BCUT2D eigenvalue weighted by molar-refractivity contribution is 6.12. The Balaban J connectivity index is 1.25. The molecule has 3 fully saturated rings. The molecule has 1 amide bonds. The van der Waals surface area contributed by atoms with Crippen molar-refractivity contribution < 1.29 is 23.5 Å². The predicted octanol–water partition coefficient (Wildman–Crippen LogP) is 8.60. The molecule has 0 unspecified atom stereocenters. The van der Waals surface area contributed by atoms with Crippen molar-refractivity contribution in [2.45, 2.75) is 45.4 Å². The van der Waals surface area contributed by atoms with E-state index in [1.165, 1.54) is 19.3 Å². The molecule has 1 heterocycles. The van der Waals surface area contributed by atoms with Gasteiger partial charge in [0.2, 0.25) is 0 Å². The van der Waals surface area contributed by atoms with Crippen molar-refractivity contribution >= 4 is 28.6 Å². The Bertz CT molecular complexity index is 1940. The number of amides is 1. The number of nitrogens with one attached hydrogen (secondary N) is 1. The lowest BCUT2D eigenvalue weighted by Gasteiger charge is -2.62. The Morgan fingerprint density at radius 1 is 0.870 bits per heavy atom. The molecule has 0 radical (unpaired) electrons. The maximum atomic E-state index is 13.4. The van der Waals surface area contributed by atoms with Gasteiger partial charge >= 0.3 is 5.97 Å². The highest BCUT2D eigenvalue weighted by Crippen LogP contribution is 2.66. The van der Waals surface area contributed by atoms with Gasteiger partial charge in [-0.05, 0) is 97.4 Å². The molecule has 0 saturated heterocycles. The summed E-state index contributed by atoms with van der Waals surface area (Å²) >= 11 is 0. The van der Waals surface area contributed by atoms with Gasteiger partial charge in [0.05, 0.1) is 17.7 Å². The summed E-state index contributed by atoms with van der Waals surface area (Å²) in [6.07, 6.45) is 5.34. The smallest absolute Gasteiger partial charge is 0.338 e. The number of esters is 1. The molecule has 0 spiro atoms. The van der Waals surface area contributed by atoms with Gasteiger partial charge in [0.1, 0.15) is 11.3 Å². The number of aryl methyl sites for hydroxylation is 2. The first-order valence-corrected chi connectivity index (χ1v) is 16.1. The number of carbonyl (C=O) groups is 3. The zero-order valence-corrected chi connectivity index (χ0v) is 26.2. The molecule has 46 heavy (non-hydrogen) atoms. The van der Waals surface area contributed by atoms with Crippen molar-refractivity contribution in [3.63, 3.8) is 0 Å². The van der Waals surface area contributed by atoms with Gasteiger partial charge in [-0.1, -0.05) is 66.2 Å². The summed E-state index contributed by atoms with van der Waals surface area (Å²) < 4.78 is 12.0. The number of Topliss-reactive ketones (excluding diaryl/α,β-unsaturated/α-hetero) is 1. The minimum absolute atomic E-state index is 0.187. The lowest BCUT2D eigenvalue weighted by molar-refractivity contribution is -0.103. The van der Waals surface area contributed by atoms with Gasteiger partial charge < -0.3 is 14.5 Å². The third-order valence-electron chi connectivity index (χ3n) is 9.71. The van der Waals surface area contributed by atoms with Gasteiger partial charge in [-0.2, -0.15) is 0 Å². The number of furan rings is 1. The number of ketones is 1. The fourth-order valence-corrected chi connectivity index (χ4v) is 7.18. The third kappa shape index (κ3) is 5.64. The molecule has 6 nitrogen and oxygen atoms in total. The van der Waals surface area contributed by atoms with Crippen LogP contribution in [0.5, 0.6) is 0 Å². The number of fused-ring (bicyclic) bond motifs is 1. The average molecular weight is 612 g/mol. The van der Waals surface area contributed by atoms with Gasteiger partial charge in [-0.3, -0.25) is 9.59 Å². The first kappa shape index (κ1) is 29.7. The van der Waals surface area contributed by atoms with Crippen LogP contribution in [0.1, 0.15) is 74.3 Å². The zero-order valence-electron chi connectivity index (χ0n) is 26.2. The Morgan fingerprint density at radius 2 is 1.61 bits per heavy atom. The quantitative estimate of drug-likeness (QED) is 0.0918. The number of rotatable bonds is 11. The van der Waals surface area contributed by atoms with Crippen molar-refractivity contribution in [3.8, 4) is 22.5 Å². The fraction of sp³-hybridized carbons (Fsp3) is 0.275. The topological polar surface area (TPSA) is 85.6 Å². The van der Waals surface area contributed by atoms with Gasteiger partial charge in [0, 0.05) is 30.0 Å². The van der Waals surface area contributed by atoms with E-state index in [1.54, 1.807) is 19.2 Å². The van der Waals surface area contributed by atoms with Crippen LogP contribution in [-0.4, -0.2) is 31.3 Å². The van der Waals surface area contributed by atoms with Crippen molar-refractivity contribution in [1.82, 2.24) is 5.32 Å². The summed E-state index contributed by atoms with van der Waals surface area (Å²) in [6.45, 7) is 2.27. The molecule has 3 aliphatic carbocycles. The lowest BCUT2D eigenvalue weighted by atomic mass is 9.43. The van der Waals surface area contributed by atoms with E-state index in [0.29, 0.717) is 52.7 Å². The SMILES string of the molecule is CNC(=O)c1c(-c2ccc(C)cc2)oc2cc(CCCOC(=O)c3ccccc3)c(-c3cccc(C(=O)CC45CC(C4)C5)c3)cc12. The van der Waals surface area contributed by atoms with Crippen LogP contribution in [0, 0.1) is 18.3 Å². The minimum atomic E-state index is -0.352. The summed E-state index contributed by atoms with van der Waals surface area (Å²) in [5.74, 6) is 0.941. The number of carbonyl (C=O) groups excluding carboxylic acids is 3. The molecule has 4 aromatic carbocycles. The van der Waals surface area contributed by atoms with Crippen molar-refractivity contribution in [1.29, 1.82) is 0 Å². The molecule has 2 bridgehead atoms. The molecule has 3 saturated carbocycles. The van der Waals surface area contributed by atoms with E-state index in [1.807, 2.05) is 85.8 Å². The Hall–Kier alpha value is -4.97. The zero-order chi connectivity index (χ0) is 31.8. The van der Waals surface area contributed by atoms with Crippen LogP contribution in [0.15, 0.2) is 95.4 Å². The van der Waals surface area contributed by atoms with Crippen molar-refractivity contribution in [2.75, 3.05) is 13.7 Å². The molecule has 5 aromatic rings. The Kier molecular flexibility index (Phi) is 7.81. The largest absolute Gasteiger partial charge is 0.462 e. The number of hydrogen-bond acceptors (Lipinski definition) is 5. The predicted molar refractivity (Wildman–Crippen MR) is 179 cm³/mol. The van der Waals surface area contributed by atoms with E-state index in [4.69, 9.17) is 9.15 Å². The van der Waals surface area contributed by atoms with Crippen LogP contribution in [0.4, 0.5) is 0 Å². The van der Waals surface area contributed by atoms with Crippen LogP contribution in [0.2, 0.25) is 0 Å². The maximum Gasteiger partial charge on any atom is 0.338 e. The normalized spacial score (nSPS) is 18.0. The highest BCUT2D eigenvalue weighted by atomic mass is 16.5. The summed E-state index contributed by atoms with van der Waals surface area (Å²) in [5, 5.41) is 3.49. The van der Waals surface area contributed by atoms with E-state index in [9.17, 15) is 14.4 Å². The summed E-state index contributed by atoms with van der Waals surface area (Å²) in [6, 6.07) is 28.7. The highest BCUT2D eigenvalue weighted by Gasteiger charge is 2.56. The Labute approximate surface area is 268 Å². The van der Waals surface area contributed by atoms with Crippen LogP contribution in [0.25, 0.3) is 33.4 Å². The fourth-order valence-electron chi connectivity index (χ4n) is 7.18. The van der Waals surface area contributed by atoms with Crippen LogP contribution < -0.4 is 5.32 Å². The molecule has 1 aromatic heterocycles. The molecule has 8 rings (SSSR count).